The minimum absolute atomic E-state index is 0.00241. The molecule has 0 spiro atoms. The molecule has 0 aliphatic heterocycles. The highest BCUT2D eigenvalue weighted by Crippen LogP contribution is 2.20. The number of hydrogen-bond donors (Lipinski definition) is 11. The molecule has 0 aliphatic carbocycles. The molecule has 2 heterocycles. The number of fused-ring (bicyclic) bond motifs is 1. The van der Waals surface area contributed by atoms with Crippen LogP contribution in [0.4, 0.5) is 0 Å². The van der Waals surface area contributed by atoms with Crippen LogP contribution in [0, 0.1) is 5.92 Å². The maximum Gasteiger partial charge on any atom is 0.243 e. The van der Waals surface area contributed by atoms with Crippen LogP contribution >= 0.6 is 0 Å². The lowest BCUT2D eigenvalue weighted by Gasteiger charge is -2.29. The van der Waals surface area contributed by atoms with E-state index in [9.17, 15) is 33.6 Å². The normalized spacial score (nSPS) is 14.1. The van der Waals surface area contributed by atoms with Gasteiger partial charge in [-0.3, -0.25) is 38.6 Å². The molecule has 0 radical (unpaired) electrons. The van der Waals surface area contributed by atoms with E-state index >= 15 is 0 Å². The van der Waals surface area contributed by atoms with Gasteiger partial charge in [-0.25, -0.2) is 4.98 Å². The molecular weight excluding hydrogens is 883 g/mol. The summed E-state index contributed by atoms with van der Waals surface area (Å²) in [5.41, 5.74) is 20.5. The number of H-pyrrole nitrogens is 2. The highest BCUT2D eigenvalue weighted by atomic mass is 16.2. The van der Waals surface area contributed by atoms with Gasteiger partial charge in [-0.2, -0.15) is 0 Å². The van der Waals surface area contributed by atoms with E-state index in [-0.39, 0.29) is 51.0 Å². The molecule has 20 nitrogen and oxygen atoms in total. The minimum atomic E-state index is -1.29. The zero-order chi connectivity index (χ0) is 49.9. The van der Waals surface area contributed by atoms with E-state index in [1.165, 1.54) is 19.4 Å². The van der Waals surface area contributed by atoms with Crippen molar-refractivity contribution in [3.8, 4) is 0 Å². The van der Waals surface area contributed by atoms with Crippen molar-refractivity contribution in [3.63, 3.8) is 0 Å². The number of carbonyl (C=O) groups excluding carboxylic acids is 7. The number of rotatable bonds is 26. The summed E-state index contributed by atoms with van der Waals surface area (Å²) in [6.45, 7) is 4.97. The molecule has 0 saturated carbocycles. The smallest absolute Gasteiger partial charge is 0.243 e. The Labute approximate surface area is 400 Å². The number of para-hydroxylation sites is 1. The van der Waals surface area contributed by atoms with Gasteiger partial charge in [0.05, 0.1) is 6.33 Å². The third kappa shape index (κ3) is 16.1. The molecule has 7 atom stereocenters. The summed E-state index contributed by atoms with van der Waals surface area (Å²) in [6, 6.07) is 18.2. The molecule has 0 bridgehead atoms. The minimum Gasteiger partial charge on any atom is -0.370 e. The van der Waals surface area contributed by atoms with E-state index in [0.717, 1.165) is 16.5 Å². The van der Waals surface area contributed by atoms with Crippen LogP contribution in [0.25, 0.3) is 10.9 Å². The first-order chi connectivity index (χ1) is 33.1. The highest BCUT2D eigenvalue weighted by molar-refractivity contribution is 5.97. The van der Waals surface area contributed by atoms with Crippen molar-refractivity contribution >= 4 is 58.2 Å². The summed E-state index contributed by atoms with van der Waals surface area (Å²) >= 11 is 0. The van der Waals surface area contributed by atoms with Crippen LogP contribution in [0.15, 0.2) is 109 Å². The van der Waals surface area contributed by atoms with Gasteiger partial charge in [0.15, 0.2) is 5.96 Å². The molecule has 366 valence electrons. The van der Waals surface area contributed by atoms with Gasteiger partial charge < -0.3 is 59.1 Å². The molecule has 5 rings (SSSR count). The lowest BCUT2D eigenvalue weighted by atomic mass is 9.96. The number of aliphatic imine (C=N–C) groups is 1. The van der Waals surface area contributed by atoms with Crippen LogP contribution in [-0.2, 0) is 59.2 Å². The van der Waals surface area contributed by atoms with E-state index in [2.05, 4.69) is 51.8 Å². The van der Waals surface area contributed by atoms with Gasteiger partial charge in [-0.05, 0) is 41.5 Å². The number of nitrogens with one attached hydrogen (secondary N) is 8. The summed E-state index contributed by atoms with van der Waals surface area (Å²) < 4.78 is 0. The number of benzene rings is 3. The van der Waals surface area contributed by atoms with Crippen molar-refractivity contribution in [2.75, 3.05) is 6.54 Å². The lowest BCUT2D eigenvalue weighted by Crippen LogP contribution is -2.61. The first kappa shape index (κ1) is 51.9. The number of aromatic nitrogens is 3. The van der Waals surface area contributed by atoms with Gasteiger partial charge in [-0.1, -0.05) is 99.1 Å². The number of nitrogens with two attached hydrogens (primary N) is 3. The summed E-state index contributed by atoms with van der Waals surface area (Å²) in [7, 11) is 0. The largest absolute Gasteiger partial charge is 0.370 e. The monoisotopic (exact) mass is 945 g/mol. The molecule has 3 aromatic carbocycles. The maximum atomic E-state index is 14.5. The summed E-state index contributed by atoms with van der Waals surface area (Å²) in [5, 5.41) is 17.4. The van der Waals surface area contributed by atoms with Gasteiger partial charge in [0.25, 0.3) is 0 Å². The Balaban J connectivity index is 1.41. The Morgan fingerprint density at radius 3 is 1.74 bits per heavy atom. The SMILES string of the molecule is CC[C@@H](C)[C@@H](NC(=O)[C@@H](Cc1ccccc1)NC(=O)[C@@H](Cc1cnc[nH]1)NC(C)=O)C(=O)N[C@H](CCCN=C(N)N)C(=O)N[C@H](Cc1c[nH]c2ccccc12)C(=O)N[C@H](Cc1ccccc1)C(N)=O. The van der Waals surface area contributed by atoms with Crippen LogP contribution in [0.2, 0.25) is 0 Å². The van der Waals surface area contributed by atoms with Gasteiger partial charge in [-0.15, -0.1) is 0 Å². The van der Waals surface area contributed by atoms with Crippen molar-refractivity contribution in [2.45, 2.75) is 102 Å². The molecule has 7 amide bonds. The topological polar surface area (TPSA) is 327 Å². The fraction of sp³-hybridized carbons (Fsp3) is 0.367. The van der Waals surface area contributed by atoms with Gasteiger partial charge in [0.2, 0.25) is 41.4 Å². The Morgan fingerprint density at radius 1 is 0.623 bits per heavy atom. The molecule has 0 unspecified atom stereocenters. The van der Waals surface area contributed by atoms with Crippen LogP contribution in [0.5, 0.6) is 0 Å². The molecule has 0 aliphatic rings. The van der Waals surface area contributed by atoms with Crippen molar-refractivity contribution in [2.24, 2.45) is 28.1 Å². The molecule has 0 saturated heterocycles. The third-order valence-corrected chi connectivity index (χ3v) is 11.6. The Bertz CT molecular complexity index is 2530. The van der Waals surface area contributed by atoms with E-state index in [1.54, 1.807) is 61.7 Å². The Kier molecular flexibility index (Phi) is 19.4. The zero-order valence-corrected chi connectivity index (χ0v) is 39.0. The van der Waals surface area contributed by atoms with Crippen molar-refractivity contribution in [1.29, 1.82) is 0 Å². The molecule has 14 N–H and O–H groups in total. The van der Waals surface area contributed by atoms with E-state index in [0.29, 0.717) is 23.2 Å². The van der Waals surface area contributed by atoms with Crippen molar-refractivity contribution in [1.82, 2.24) is 46.9 Å². The fourth-order valence-electron chi connectivity index (χ4n) is 7.74. The fourth-order valence-corrected chi connectivity index (χ4v) is 7.74. The zero-order valence-electron chi connectivity index (χ0n) is 39.0. The highest BCUT2D eigenvalue weighted by Gasteiger charge is 2.35. The standard InChI is InChI=1S/C49H63N13O7/c1-4-29(2)42(62-47(68)39(23-32-16-9-6-10-17-32)60-46(67)41(57-30(3)63)25-34-27-53-28-56-34)48(69)58-37(20-13-21-54-49(51)52)44(65)61-40(24-33-26-55-36-19-12-11-18-35(33)36)45(66)59-38(43(50)64)22-31-14-7-5-8-15-31/h5-12,14-19,26-29,37-42,55H,4,13,20-25H2,1-3H3,(H2,50,64)(H,53,56)(H,57,63)(H,58,69)(H,59,66)(H,60,67)(H,61,65)(H,62,68)(H4,51,52,54)/t29-,37-,38-,39-,40-,41-,42-/m1/s1. The number of aromatic amines is 2. The average molecular weight is 946 g/mol. The first-order valence-corrected chi connectivity index (χ1v) is 22.9. The van der Waals surface area contributed by atoms with Crippen LogP contribution in [-0.4, -0.2) is 105 Å². The number of guanidine groups is 1. The number of hydrogen-bond acceptors (Lipinski definition) is 9. The van der Waals surface area contributed by atoms with Crippen molar-refractivity contribution < 1.29 is 33.6 Å². The number of nitrogens with zero attached hydrogens (tertiary/aromatic N) is 2. The van der Waals surface area contributed by atoms with Crippen LogP contribution in [0.3, 0.4) is 0 Å². The van der Waals surface area contributed by atoms with E-state index < -0.39 is 83.5 Å². The second-order valence-electron chi connectivity index (χ2n) is 16.9. The first-order valence-electron chi connectivity index (χ1n) is 22.9. The van der Waals surface area contributed by atoms with Crippen LogP contribution in [0.1, 0.15) is 62.4 Å². The molecule has 69 heavy (non-hydrogen) atoms. The van der Waals surface area contributed by atoms with E-state index in [4.69, 9.17) is 17.2 Å². The molecule has 0 fully saturated rings. The predicted molar refractivity (Wildman–Crippen MR) is 260 cm³/mol. The number of imidazole rings is 1. The van der Waals surface area contributed by atoms with Crippen molar-refractivity contribution in [3.05, 3.63) is 126 Å². The lowest BCUT2D eigenvalue weighted by molar-refractivity contribution is -0.136. The molecule has 5 aromatic rings. The van der Waals surface area contributed by atoms with Crippen LogP contribution < -0.4 is 49.1 Å². The molecular formula is C49H63N13O7. The maximum absolute atomic E-state index is 14.5. The van der Waals surface area contributed by atoms with Gasteiger partial charge in [0.1, 0.15) is 36.3 Å². The molecule has 20 heteroatoms. The quantitative estimate of drug-likeness (QED) is 0.0209. The predicted octanol–water partition coefficient (Wildman–Crippen LogP) is 0.675. The second kappa shape index (κ2) is 25.8. The van der Waals surface area contributed by atoms with Gasteiger partial charge >= 0.3 is 0 Å². The Morgan fingerprint density at radius 2 is 1.16 bits per heavy atom. The number of amides is 7. The number of carbonyl (C=O) groups is 7. The average Bonchev–Trinajstić information content (AvgIpc) is 4.01. The third-order valence-electron chi connectivity index (χ3n) is 11.6. The summed E-state index contributed by atoms with van der Waals surface area (Å²) in [4.78, 5) is 111. The summed E-state index contributed by atoms with van der Waals surface area (Å²) in [5.74, 6) is -5.39. The number of primary amides is 1. The molecule has 2 aromatic heterocycles. The van der Waals surface area contributed by atoms with E-state index in [1.807, 2.05) is 43.3 Å². The summed E-state index contributed by atoms with van der Waals surface area (Å²) in [6.07, 6.45) is 5.49. The Hall–Kier alpha value is -8.03. The van der Waals surface area contributed by atoms with Gasteiger partial charge in [0, 0.05) is 68.1 Å². The second-order valence-corrected chi connectivity index (χ2v) is 16.9.